The minimum absolute atomic E-state index is 0.0491. The van der Waals surface area contributed by atoms with Crippen molar-refractivity contribution in [2.45, 2.75) is 172 Å². The zero-order valence-corrected chi connectivity index (χ0v) is 83.9. The summed E-state index contributed by atoms with van der Waals surface area (Å²) in [4.78, 5) is 38.6. The van der Waals surface area contributed by atoms with Crippen molar-refractivity contribution in [3.05, 3.63) is 431 Å². The van der Waals surface area contributed by atoms with E-state index in [1.165, 1.54) is 22.3 Å². The van der Waals surface area contributed by atoms with Gasteiger partial charge in [0, 0.05) is 141 Å². The van der Waals surface area contributed by atoms with E-state index in [0.717, 1.165) is 213 Å². The molecule has 16 heterocycles. The molecule has 0 unspecified atom stereocenters. The Bertz CT molecular complexity index is 7780. The molecule has 6 aromatic carbocycles. The number of aromatic nitrogens is 16. The Morgan fingerprint density at radius 3 is 0.873 bits per heavy atom. The first-order chi connectivity index (χ1) is 68.5. The van der Waals surface area contributed by atoms with E-state index < -0.39 is 0 Å². The average Bonchev–Trinajstić information content (AvgIpc) is 1.61. The van der Waals surface area contributed by atoms with Gasteiger partial charge in [0.05, 0.1) is 102 Å². The lowest BCUT2D eigenvalue weighted by atomic mass is 9.86. The number of hydrogen-bond donors (Lipinski definition) is 0. The second kappa shape index (κ2) is 39.4. The van der Waals surface area contributed by atoms with Gasteiger partial charge in [0.15, 0.2) is 0 Å². The normalized spacial score (nSPS) is 12.4. The molecule has 0 aliphatic heterocycles. The molecule has 0 N–H and O–H groups in total. The molecule has 0 saturated heterocycles. The molecular weight excluding hydrogens is 1750 g/mol. The topological polar surface area (TPSA) is 227 Å². The lowest BCUT2D eigenvalue weighted by Gasteiger charge is -2.20. The third kappa shape index (κ3) is 19.4. The molecule has 0 amide bonds. The summed E-state index contributed by atoms with van der Waals surface area (Å²) in [6, 6.07) is 89.0. The standard InChI is InChI=1S/2C34H32N4O.C29H30N4O.C25H22N4O/c2*1-22-31(23(2)39-37-22)26-19-30-32(36-20-26)28(24-14-16-27(17-15-24)34(3,4)5)21-38(30)33(25-11-7-6-8-12-25)29-13-9-10-18-35-29;1-18-27(20(3)34-32-18)22-15-26-28(31-16-22)24(21-10-12-23(13-11-21)29(4,5)6)17-33(26)19(2)25-9-7-8-14-30-25;1-16-7-9-19(10-8-16)22-15-29(14-21-6-4-5-11-26-21)23-12-20(13-27-25(22)23)24-17(2)28-30-18(24)3/h2*6-21,33H,1-5H3;7-17,19H,1-6H3;4-13,15H,14H2,1-3H3/t2*33-;19-;/m100./s1. The number of benzene rings is 6. The molecule has 22 aromatic rings. The number of hydrogen-bond acceptors (Lipinski definition) is 16. The third-order valence-corrected chi connectivity index (χ3v) is 26.9. The van der Waals surface area contributed by atoms with E-state index in [-0.39, 0.29) is 34.4 Å². The Balaban J connectivity index is 0.000000121. The molecule has 0 bridgehead atoms. The lowest BCUT2D eigenvalue weighted by Crippen LogP contribution is -2.13. The van der Waals surface area contributed by atoms with Gasteiger partial charge in [-0.25, -0.2) is 0 Å². The molecule has 0 spiro atoms. The summed E-state index contributed by atoms with van der Waals surface area (Å²) in [5, 5.41) is 16.6. The van der Waals surface area contributed by atoms with E-state index in [1.807, 2.05) is 172 Å². The summed E-state index contributed by atoms with van der Waals surface area (Å²) in [6.07, 6.45) is 23.9. The van der Waals surface area contributed by atoms with Gasteiger partial charge >= 0.3 is 0 Å². The molecule has 20 heteroatoms. The van der Waals surface area contributed by atoms with Gasteiger partial charge in [-0.05, 0) is 208 Å². The molecule has 142 heavy (non-hydrogen) atoms. The number of fused-ring (bicyclic) bond motifs is 4. The molecule has 3 atom stereocenters. The molecule has 0 aliphatic carbocycles. The average molecular weight is 1870 g/mol. The van der Waals surface area contributed by atoms with Crippen molar-refractivity contribution in [3.63, 3.8) is 0 Å². The molecule has 16 aromatic heterocycles. The number of rotatable bonds is 18. The SMILES string of the molecule is Cc1ccc(-c2cn(Cc3ccccn3)c3cc(-c4c(C)noc4C)cnc23)cc1.Cc1noc(C)c1-c1cnc2c(-c3ccc(C(C)(C)C)cc3)cn([C@@H](C)c3ccccn3)c2c1.Cc1noc(C)c1-c1cnc2c(-c3ccc(C(C)(C)C)cc3)cn([C@@H](c3ccccc3)c3ccccn3)c2c1.Cc1noc(C)c1-c1cnc2c(-c3ccc(C(C)(C)C)cc3)cn([C@H](c3ccccc3)c3ccccn3)c2c1. The van der Waals surface area contributed by atoms with Crippen LogP contribution in [0.4, 0.5) is 0 Å². The largest absolute Gasteiger partial charge is 0.361 e. The van der Waals surface area contributed by atoms with Crippen molar-refractivity contribution in [1.29, 1.82) is 0 Å². The van der Waals surface area contributed by atoms with Crippen molar-refractivity contribution < 1.29 is 18.1 Å². The van der Waals surface area contributed by atoms with E-state index in [2.05, 4.69) is 338 Å². The van der Waals surface area contributed by atoms with Crippen molar-refractivity contribution in [1.82, 2.24) is 78.8 Å². The fourth-order valence-electron chi connectivity index (χ4n) is 19.3. The van der Waals surface area contributed by atoms with Crippen molar-refractivity contribution in [2.24, 2.45) is 0 Å². The summed E-state index contributed by atoms with van der Waals surface area (Å²) >= 11 is 0. The highest BCUT2D eigenvalue weighted by molar-refractivity contribution is 5.99. The van der Waals surface area contributed by atoms with Gasteiger partial charge in [0.1, 0.15) is 35.1 Å². The van der Waals surface area contributed by atoms with Crippen LogP contribution in [-0.2, 0) is 22.8 Å². The number of pyridine rings is 8. The number of aryl methyl sites for hydroxylation is 9. The molecule has 0 aliphatic rings. The predicted octanol–water partition coefficient (Wildman–Crippen LogP) is 29.6. The predicted molar refractivity (Wildman–Crippen MR) is 569 cm³/mol. The van der Waals surface area contributed by atoms with Crippen LogP contribution in [0.5, 0.6) is 0 Å². The zero-order chi connectivity index (χ0) is 99.0. The minimum Gasteiger partial charge on any atom is -0.361 e. The smallest absolute Gasteiger partial charge is 0.141 e. The van der Waals surface area contributed by atoms with E-state index in [1.54, 1.807) is 0 Å². The van der Waals surface area contributed by atoms with Crippen LogP contribution in [0.2, 0.25) is 0 Å². The van der Waals surface area contributed by atoms with Gasteiger partial charge < -0.3 is 36.4 Å². The summed E-state index contributed by atoms with van der Waals surface area (Å²) in [6.45, 7) is 40.7. The summed E-state index contributed by atoms with van der Waals surface area (Å²) in [5.41, 5.74) is 40.2. The van der Waals surface area contributed by atoms with Crippen LogP contribution in [0.15, 0.2) is 347 Å². The fraction of sp³-hybridized carbons (Fsp3) is 0.213. The van der Waals surface area contributed by atoms with Crippen LogP contribution in [0.3, 0.4) is 0 Å². The monoisotopic (exact) mass is 1870 g/mol. The van der Waals surface area contributed by atoms with Gasteiger partial charge in [-0.15, -0.1) is 0 Å². The van der Waals surface area contributed by atoms with Gasteiger partial charge in [0.2, 0.25) is 0 Å². The van der Waals surface area contributed by atoms with Crippen LogP contribution in [0.25, 0.3) is 133 Å². The van der Waals surface area contributed by atoms with E-state index in [9.17, 15) is 0 Å². The molecule has 0 radical (unpaired) electrons. The van der Waals surface area contributed by atoms with Crippen LogP contribution >= 0.6 is 0 Å². The van der Waals surface area contributed by atoms with Crippen molar-refractivity contribution in [2.75, 3.05) is 0 Å². The highest BCUT2D eigenvalue weighted by atomic mass is 16.5. The van der Waals surface area contributed by atoms with Gasteiger partial charge in [-0.3, -0.25) is 39.9 Å². The molecule has 0 saturated carbocycles. The number of nitrogens with zero attached hydrogens (tertiary/aromatic N) is 16. The Morgan fingerprint density at radius 1 is 0.275 bits per heavy atom. The maximum absolute atomic E-state index is 5.50. The maximum Gasteiger partial charge on any atom is 0.141 e. The minimum atomic E-state index is -0.126. The zero-order valence-electron chi connectivity index (χ0n) is 83.9. The Hall–Kier alpha value is -16.5. The summed E-state index contributed by atoms with van der Waals surface area (Å²) in [5.74, 6) is 3.17. The molecule has 708 valence electrons. The van der Waals surface area contributed by atoms with E-state index in [0.29, 0.717) is 6.54 Å². The highest BCUT2D eigenvalue weighted by Gasteiger charge is 2.30. The Morgan fingerprint density at radius 2 is 0.563 bits per heavy atom. The van der Waals surface area contributed by atoms with Crippen molar-refractivity contribution >= 4 is 44.1 Å². The first-order valence-corrected chi connectivity index (χ1v) is 48.3. The molecule has 22 rings (SSSR count). The maximum atomic E-state index is 5.50. The van der Waals surface area contributed by atoms with Gasteiger partial charge in [-0.2, -0.15) is 0 Å². The van der Waals surface area contributed by atoms with Gasteiger partial charge in [-0.1, -0.05) is 270 Å². The lowest BCUT2D eigenvalue weighted by molar-refractivity contribution is 0.393. The Labute approximate surface area is 828 Å². The summed E-state index contributed by atoms with van der Waals surface area (Å²) in [7, 11) is 0. The molecule has 20 nitrogen and oxygen atoms in total. The quantitative estimate of drug-likeness (QED) is 0.0778. The molecule has 0 fully saturated rings. The van der Waals surface area contributed by atoms with Crippen LogP contribution in [-0.4, -0.2) is 78.8 Å². The molecular formula is C122H116N16O4. The fourth-order valence-corrected chi connectivity index (χ4v) is 19.3. The first kappa shape index (κ1) is 94.5. The van der Waals surface area contributed by atoms with Crippen LogP contribution < -0.4 is 0 Å². The third-order valence-electron chi connectivity index (χ3n) is 26.9. The van der Waals surface area contributed by atoms with Gasteiger partial charge in [0.25, 0.3) is 0 Å². The second-order valence-electron chi connectivity index (χ2n) is 39.9. The Kier molecular flexibility index (Phi) is 26.2. The second-order valence-corrected chi connectivity index (χ2v) is 39.9. The van der Waals surface area contributed by atoms with Crippen LogP contribution in [0.1, 0.15) is 189 Å². The first-order valence-electron chi connectivity index (χ1n) is 48.3. The summed E-state index contributed by atoms with van der Waals surface area (Å²) < 4.78 is 30.9. The van der Waals surface area contributed by atoms with E-state index in [4.69, 9.17) is 48.0 Å². The highest BCUT2D eigenvalue weighted by Crippen LogP contribution is 2.45. The van der Waals surface area contributed by atoms with E-state index >= 15 is 0 Å². The van der Waals surface area contributed by atoms with Crippen LogP contribution in [0, 0.1) is 62.3 Å². The van der Waals surface area contributed by atoms with Crippen molar-refractivity contribution in [3.8, 4) is 89.0 Å².